The molecule has 2 N–H and O–H groups in total. The number of rotatable bonds is 8. The highest BCUT2D eigenvalue weighted by molar-refractivity contribution is 5.87. The number of carboxylic acids is 1. The quantitative estimate of drug-likeness (QED) is 0.491. The van der Waals surface area contributed by atoms with E-state index < -0.39 is 48.2 Å². The van der Waals surface area contributed by atoms with Crippen molar-refractivity contribution in [2.45, 2.75) is 65.7 Å². The number of hydrogen-bond acceptors (Lipinski definition) is 7. The molecule has 0 aromatic rings. The lowest BCUT2D eigenvalue weighted by Gasteiger charge is -2.23. The molecule has 0 aliphatic carbocycles. The molecule has 144 valence electrons. The maximum Gasteiger partial charge on any atom is 0.408 e. The third kappa shape index (κ3) is 11.0. The summed E-state index contributed by atoms with van der Waals surface area (Å²) in [5, 5.41) is 11.0. The smallest absolute Gasteiger partial charge is 0.408 e. The molecule has 9 heteroatoms. The van der Waals surface area contributed by atoms with Gasteiger partial charge in [-0.25, -0.2) is 14.4 Å². The monoisotopic (exact) mass is 361 g/mol. The highest BCUT2D eigenvalue weighted by atomic mass is 16.6. The Hall–Kier alpha value is -2.32. The van der Waals surface area contributed by atoms with Gasteiger partial charge < -0.3 is 24.6 Å². The van der Waals surface area contributed by atoms with E-state index in [0.717, 1.165) is 0 Å². The van der Waals surface area contributed by atoms with Crippen molar-refractivity contribution in [3.8, 4) is 0 Å². The Kier molecular flexibility index (Phi) is 8.94. The van der Waals surface area contributed by atoms with E-state index >= 15 is 0 Å². The van der Waals surface area contributed by atoms with Gasteiger partial charge >= 0.3 is 24.0 Å². The third-order valence-corrected chi connectivity index (χ3v) is 2.56. The number of hydrogen-bond donors (Lipinski definition) is 2. The SMILES string of the molecule is CC(C)COC(=O)[C@H](CC(=O)O[C@@H](C)C(=O)O)NC(=O)OC(C)(C)C. The molecule has 0 saturated carbocycles. The maximum absolute atomic E-state index is 12.1. The number of carboxylic acid groups (broad SMARTS) is 1. The van der Waals surface area contributed by atoms with Gasteiger partial charge in [0.1, 0.15) is 11.6 Å². The van der Waals surface area contributed by atoms with E-state index in [-0.39, 0.29) is 12.5 Å². The predicted molar refractivity (Wildman–Crippen MR) is 86.8 cm³/mol. The van der Waals surface area contributed by atoms with Crippen LogP contribution in [-0.4, -0.2) is 53.5 Å². The number of alkyl carbamates (subject to hydrolysis) is 1. The summed E-state index contributed by atoms with van der Waals surface area (Å²) in [6.07, 6.45) is -2.85. The summed E-state index contributed by atoms with van der Waals surface area (Å²) in [5.41, 5.74) is -0.797. The van der Waals surface area contributed by atoms with Gasteiger partial charge in [-0.2, -0.15) is 0 Å². The van der Waals surface area contributed by atoms with Gasteiger partial charge in [-0.15, -0.1) is 0 Å². The molecule has 0 spiro atoms. The first kappa shape index (κ1) is 22.7. The van der Waals surface area contributed by atoms with Gasteiger partial charge in [0.25, 0.3) is 0 Å². The van der Waals surface area contributed by atoms with Crippen LogP contribution in [0.3, 0.4) is 0 Å². The van der Waals surface area contributed by atoms with Gasteiger partial charge in [0.05, 0.1) is 13.0 Å². The molecule has 0 aromatic carbocycles. The van der Waals surface area contributed by atoms with Crippen LogP contribution in [-0.2, 0) is 28.6 Å². The second kappa shape index (κ2) is 9.85. The van der Waals surface area contributed by atoms with Gasteiger partial charge in [0, 0.05) is 0 Å². The summed E-state index contributed by atoms with van der Waals surface area (Å²) < 4.78 is 14.7. The molecule has 0 rings (SSSR count). The summed E-state index contributed by atoms with van der Waals surface area (Å²) in [7, 11) is 0. The first-order chi connectivity index (χ1) is 11.3. The lowest BCUT2D eigenvalue weighted by Crippen LogP contribution is -2.46. The largest absolute Gasteiger partial charge is 0.479 e. The Morgan fingerprint density at radius 3 is 2.08 bits per heavy atom. The standard InChI is InChI=1S/C16H27NO8/c1-9(2)8-23-14(21)11(17-15(22)25-16(4,5)6)7-12(18)24-10(3)13(19)20/h9-11H,7-8H2,1-6H3,(H,17,22)(H,19,20)/t10-,11-/m0/s1. The van der Waals surface area contributed by atoms with E-state index in [1.807, 2.05) is 13.8 Å². The molecule has 0 radical (unpaired) electrons. The van der Waals surface area contributed by atoms with Crippen LogP contribution in [0.4, 0.5) is 4.79 Å². The van der Waals surface area contributed by atoms with Gasteiger partial charge in [-0.05, 0) is 33.6 Å². The molecule has 0 aliphatic rings. The summed E-state index contributed by atoms with van der Waals surface area (Å²) in [6.45, 7) is 9.85. The lowest BCUT2D eigenvalue weighted by molar-refractivity contribution is -0.164. The first-order valence-corrected chi connectivity index (χ1v) is 7.90. The maximum atomic E-state index is 12.1. The van der Waals surface area contributed by atoms with E-state index in [9.17, 15) is 19.2 Å². The highest BCUT2D eigenvalue weighted by Gasteiger charge is 2.29. The topological polar surface area (TPSA) is 128 Å². The number of carbonyl (C=O) groups is 4. The summed E-state index contributed by atoms with van der Waals surface area (Å²) >= 11 is 0. The van der Waals surface area contributed by atoms with E-state index in [1.165, 1.54) is 6.92 Å². The van der Waals surface area contributed by atoms with Crippen LogP contribution < -0.4 is 5.32 Å². The minimum Gasteiger partial charge on any atom is -0.479 e. The van der Waals surface area contributed by atoms with Crippen LogP contribution in [0.1, 0.15) is 48.0 Å². The molecule has 0 aromatic heterocycles. The van der Waals surface area contributed by atoms with Gasteiger partial charge in [0.15, 0.2) is 6.10 Å². The molecule has 0 unspecified atom stereocenters. The Bertz CT molecular complexity index is 495. The number of ether oxygens (including phenoxy) is 3. The van der Waals surface area contributed by atoms with E-state index in [0.29, 0.717) is 0 Å². The van der Waals surface area contributed by atoms with Crippen molar-refractivity contribution >= 4 is 24.0 Å². The van der Waals surface area contributed by atoms with Gasteiger partial charge in [-0.1, -0.05) is 13.8 Å². The fourth-order valence-electron chi connectivity index (χ4n) is 1.45. The molecule has 0 heterocycles. The zero-order valence-corrected chi connectivity index (χ0v) is 15.5. The van der Waals surface area contributed by atoms with Crippen LogP contribution >= 0.6 is 0 Å². The van der Waals surface area contributed by atoms with E-state index in [1.54, 1.807) is 20.8 Å². The second-order valence-electron chi connectivity index (χ2n) is 6.90. The van der Waals surface area contributed by atoms with Crippen molar-refractivity contribution in [2.24, 2.45) is 5.92 Å². The highest BCUT2D eigenvalue weighted by Crippen LogP contribution is 2.09. The van der Waals surface area contributed by atoms with E-state index in [2.05, 4.69) is 10.1 Å². The normalized spacial score (nSPS) is 13.6. The zero-order valence-electron chi connectivity index (χ0n) is 15.5. The van der Waals surface area contributed by atoms with Crippen LogP contribution in [0.25, 0.3) is 0 Å². The number of amides is 1. The van der Waals surface area contributed by atoms with Gasteiger partial charge in [0.2, 0.25) is 0 Å². The van der Waals surface area contributed by atoms with Crippen molar-refractivity contribution in [3.05, 3.63) is 0 Å². The minimum absolute atomic E-state index is 0.0603. The van der Waals surface area contributed by atoms with Crippen molar-refractivity contribution < 1.29 is 38.5 Å². The number of carbonyl (C=O) groups excluding carboxylic acids is 3. The Labute approximate surface area is 147 Å². The fraction of sp³-hybridized carbons (Fsp3) is 0.750. The van der Waals surface area contributed by atoms with Crippen LogP contribution in [0.5, 0.6) is 0 Å². The molecule has 0 bridgehead atoms. The summed E-state index contributed by atoms with van der Waals surface area (Å²) in [4.78, 5) is 46.4. The molecular weight excluding hydrogens is 334 g/mol. The minimum atomic E-state index is -1.37. The van der Waals surface area contributed by atoms with E-state index in [4.69, 9.17) is 14.6 Å². The number of aliphatic carboxylic acids is 1. The molecule has 1 amide bonds. The van der Waals surface area contributed by atoms with Crippen molar-refractivity contribution in [1.82, 2.24) is 5.32 Å². The van der Waals surface area contributed by atoms with Gasteiger partial charge in [-0.3, -0.25) is 4.79 Å². The lowest BCUT2D eigenvalue weighted by atomic mass is 10.2. The average molecular weight is 361 g/mol. The average Bonchev–Trinajstić information content (AvgIpc) is 2.41. The first-order valence-electron chi connectivity index (χ1n) is 7.90. The van der Waals surface area contributed by atoms with Crippen molar-refractivity contribution in [3.63, 3.8) is 0 Å². The molecule has 0 aliphatic heterocycles. The fourth-order valence-corrected chi connectivity index (χ4v) is 1.45. The predicted octanol–water partition coefficient (Wildman–Crippen LogP) is 1.49. The van der Waals surface area contributed by atoms with Crippen LogP contribution in [0, 0.1) is 5.92 Å². The van der Waals surface area contributed by atoms with Crippen molar-refractivity contribution in [2.75, 3.05) is 6.61 Å². The molecule has 25 heavy (non-hydrogen) atoms. The van der Waals surface area contributed by atoms with Crippen molar-refractivity contribution in [1.29, 1.82) is 0 Å². The molecular formula is C16H27NO8. The number of esters is 2. The third-order valence-electron chi connectivity index (χ3n) is 2.56. The summed E-state index contributed by atoms with van der Waals surface area (Å²) in [5.74, 6) is -3.06. The van der Waals surface area contributed by atoms with Crippen LogP contribution in [0.15, 0.2) is 0 Å². The zero-order chi connectivity index (χ0) is 19.8. The molecule has 9 nitrogen and oxygen atoms in total. The summed E-state index contributed by atoms with van der Waals surface area (Å²) in [6, 6.07) is -1.35. The Balaban J connectivity index is 4.93. The second-order valence-corrected chi connectivity index (χ2v) is 6.90. The Morgan fingerprint density at radius 1 is 1.08 bits per heavy atom. The van der Waals surface area contributed by atoms with Crippen LogP contribution in [0.2, 0.25) is 0 Å². The molecule has 2 atom stereocenters. The Morgan fingerprint density at radius 2 is 1.64 bits per heavy atom. The number of nitrogens with one attached hydrogen (secondary N) is 1. The molecule has 0 fully saturated rings. The molecule has 0 saturated heterocycles.